The Morgan fingerprint density at radius 3 is 2.67 bits per heavy atom. The first-order chi connectivity index (χ1) is 13.1. The van der Waals surface area contributed by atoms with Gasteiger partial charge >= 0.3 is 0 Å². The fraction of sp³-hybridized carbons (Fsp3) is 0.318. The van der Waals surface area contributed by atoms with Crippen molar-refractivity contribution in [3.63, 3.8) is 0 Å². The largest absolute Gasteiger partial charge is 0.377 e. The maximum Gasteiger partial charge on any atom is 0.0737 e. The van der Waals surface area contributed by atoms with E-state index in [2.05, 4.69) is 52.4 Å². The highest BCUT2D eigenvalue weighted by Crippen LogP contribution is 2.30. The van der Waals surface area contributed by atoms with Gasteiger partial charge in [-0.2, -0.15) is 0 Å². The molecule has 0 saturated carbocycles. The van der Waals surface area contributed by atoms with E-state index in [-0.39, 0.29) is 0 Å². The smallest absolute Gasteiger partial charge is 0.0737 e. The van der Waals surface area contributed by atoms with E-state index < -0.39 is 0 Å². The van der Waals surface area contributed by atoms with Gasteiger partial charge in [-0.25, -0.2) is 0 Å². The molecule has 0 unspecified atom stereocenters. The molecule has 1 aliphatic heterocycles. The fourth-order valence-corrected chi connectivity index (χ4v) is 3.96. The third kappa shape index (κ3) is 4.02. The monoisotopic (exact) mass is 380 g/mol. The Kier molecular flexibility index (Phi) is 5.19. The van der Waals surface area contributed by atoms with Gasteiger partial charge in [0, 0.05) is 54.3 Å². The molecule has 3 aromatic rings. The molecule has 2 heterocycles. The Morgan fingerprint density at radius 2 is 1.89 bits per heavy atom. The number of pyridine rings is 1. The number of benzene rings is 2. The van der Waals surface area contributed by atoms with E-state index >= 15 is 0 Å². The normalized spacial score (nSPS) is 14.6. The van der Waals surface area contributed by atoms with Crippen LogP contribution < -0.4 is 10.2 Å². The molecule has 4 rings (SSSR count). The predicted octanol–water partition coefficient (Wildman–Crippen LogP) is 5.29. The SMILES string of the molecule is CN(C)c1ccc(Nc2ccnc3cc(Cl)ccc23)cc1CN1CCCC1. The van der Waals surface area contributed by atoms with Crippen LogP contribution in [0, 0.1) is 0 Å². The molecule has 0 spiro atoms. The number of anilines is 3. The topological polar surface area (TPSA) is 31.4 Å². The molecule has 0 atom stereocenters. The number of fused-ring (bicyclic) bond motifs is 1. The summed E-state index contributed by atoms with van der Waals surface area (Å²) in [6.45, 7) is 3.39. The minimum atomic E-state index is 0.704. The Bertz CT molecular complexity index is 948. The molecule has 27 heavy (non-hydrogen) atoms. The van der Waals surface area contributed by atoms with Crippen LogP contribution in [0.5, 0.6) is 0 Å². The van der Waals surface area contributed by atoms with Crippen molar-refractivity contribution in [1.82, 2.24) is 9.88 Å². The summed E-state index contributed by atoms with van der Waals surface area (Å²) in [7, 11) is 4.21. The zero-order valence-electron chi connectivity index (χ0n) is 15.9. The van der Waals surface area contributed by atoms with Crippen LogP contribution in [-0.4, -0.2) is 37.1 Å². The van der Waals surface area contributed by atoms with E-state index in [1.165, 1.54) is 37.2 Å². The Morgan fingerprint density at radius 1 is 1.07 bits per heavy atom. The van der Waals surface area contributed by atoms with Crippen molar-refractivity contribution in [1.29, 1.82) is 0 Å². The minimum absolute atomic E-state index is 0.704. The van der Waals surface area contributed by atoms with Crippen LogP contribution in [0.15, 0.2) is 48.7 Å². The number of hydrogen-bond acceptors (Lipinski definition) is 4. The quantitative estimate of drug-likeness (QED) is 0.651. The summed E-state index contributed by atoms with van der Waals surface area (Å²) in [6.07, 6.45) is 4.43. The van der Waals surface area contributed by atoms with Crippen molar-refractivity contribution in [3.8, 4) is 0 Å². The number of nitrogens with zero attached hydrogens (tertiary/aromatic N) is 3. The van der Waals surface area contributed by atoms with Crippen molar-refractivity contribution in [2.24, 2.45) is 0 Å². The molecule has 1 aliphatic rings. The maximum absolute atomic E-state index is 6.11. The van der Waals surface area contributed by atoms with Crippen molar-refractivity contribution in [2.75, 3.05) is 37.4 Å². The molecular weight excluding hydrogens is 356 g/mol. The van der Waals surface area contributed by atoms with Crippen molar-refractivity contribution >= 4 is 39.6 Å². The van der Waals surface area contributed by atoms with Gasteiger partial charge in [-0.1, -0.05) is 11.6 Å². The highest BCUT2D eigenvalue weighted by atomic mass is 35.5. The lowest BCUT2D eigenvalue weighted by atomic mass is 10.1. The molecule has 1 fully saturated rings. The lowest BCUT2D eigenvalue weighted by molar-refractivity contribution is 0.332. The number of rotatable bonds is 5. The lowest BCUT2D eigenvalue weighted by Gasteiger charge is -2.23. The maximum atomic E-state index is 6.11. The Labute approximate surface area is 165 Å². The second kappa shape index (κ2) is 7.75. The molecule has 0 amide bonds. The molecular formula is C22H25ClN4. The zero-order valence-corrected chi connectivity index (χ0v) is 16.6. The van der Waals surface area contributed by atoms with Gasteiger partial charge in [0.25, 0.3) is 0 Å². The van der Waals surface area contributed by atoms with Crippen LogP contribution in [0.25, 0.3) is 10.9 Å². The first-order valence-electron chi connectivity index (χ1n) is 9.44. The second-order valence-corrected chi connectivity index (χ2v) is 7.80. The van der Waals surface area contributed by atoms with Crippen LogP contribution in [0.4, 0.5) is 17.1 Å². The average molecular weight is 381 g/mol. The molecule has 0 radical (unpaired) electrons. The number of hydrogen-bond donors (Lipinski definition) is 1. The molecule has 0 bridgehead atoms. The minimum Gasteiger partial charge on any atom is -0.377 e. The fourth-order valence-electron chi connectivity index (χ4n) is 3.79. The molecule has 1 saturated heterocycles. The summed E-state index contributed by atoms with van der Waals surface area (Å²) in [5.41, 5.74) is 5.67. The van der Waals surface area contributed by atoms with Gasteiger partial charge in [-0.15, -0.1) is 0 Å². The number of halogens is 1. The third-order valence-electron chi connectivity index (χ3n) is 5.14. The molecule has 0 aliphatic carbocycles. The molecule has 1 aromatic heterocycles. The molecule has 2 aromatic carbocycles. The number of likely N-dealkylation sites (tertiary alicyclic amines) is 1. The van der Waals surface area contributed by atoms with Gasteiger partial charge in [0.15, 0.2) is 0 Å². The van der Waals surface area contributed by atoms with Gasteiger partial charge in [-0.05, 0) is 74.0 Å². The average Bonchev–Trinajstić information content (AvgIpc) is 3.14. The molecule has 4 nitrogen and oxygen atoms in total. The van der Waals surface area contributed by atoms with Gasteiger partial charge in [-0.3, -0.25) is 9.88 Å². The highest BCUT2D eigenvalue weighted by Gasteiger charge is 2.15. The summed E-state index contributed by atoms with van der Waals surface area (Å²) in [5, 5.41) is 5.35. The van der Waals surface area contributed by atoms with E-state index in [0.717, 1.165) is 28.8 Å². The van der Waals surface area contributed by atoms with Crippen molar-refractivity contribution in [2.45, 2.75) is 19.4 Å². The van der Waals surface area contributed by atoms with E-state index in [4.69, 9.17) is 11.6 Å². The third-order valence-corrected chi connectivity index (χ3v) is 5.37. The van der Waals surface area contributed by atoms with Gasteiger partial charge < -0.3 is 10.2 Å². The highest BCUT2D eigenvalue weighted by molar-refractivity contribution is 6.31. The lowest BCUT2D eigenvalue weighted by Crippen LogP contribution is -2.21. The summed E-state index contributed by atoms with van der Waals surface area (Å²) in [6, 6.07) is 14.5. The van der Waals surface area contributed by atoms with E-state index in [9.17, 15) is 0 Å². The summed E-state index contributed by atoms with van der Waals surface area (Å²) >= 11 is 6.11. The summed E-state index contributed by atoms with van der Waals surface area (Å²) in [4.78, 5) is 9.16. The molecule has 140 valence electrons. The predicted molar refractivity (Wildman–Crippen MR) is 115 cm³/mol. The van der Waals surface area contributed by atoms with Gasteiger partial charge in [0.1, 0.15) is 0 Å². The van der Waals surface area contributed by atoms with Crippen LogP contribution in [0.2, 0.25) is 5.02 Å². The van der Waals surface area contributed by atoms with Crippen molar-refractivity contribution < 1.29 is 0 Å². The Balaban J connectivity index is 1.66. The summed E-state index contributed by atoms with van der Waals surface area (Å²) in [5.74, 6) is 0. The standard InChI is InChI=1S/C22H25ClN4/c1-26(2)22-8-6-18(13-16(22)15-27-11-3-4-12-27)25-20-9-10-24-21-14-17(23)5-7-19(20)21/h5-10,13-14H,3-4,11-12,15H2,1-2H3,(H,24,25). The van der Waals surface area contributed by atoms with E-state index in [0.29, 0.717) is 5.02 Å². The second-order valence-electron chi connectivity index (χ2n) is 7.37. The van der Waals surface area contributed by atoms with Crippen LogP contribution in [-0.2, 0) is 6.54 Å². The Hall–Kier alpha value is -2.30. The van der Waals surface area contributed by atoms with Crippen LogP contribution in [0.1, 0.15) is 18.4 Å². The van der Waals surface area contributed by atoms with Gasteiger partial charge in [0.2, 0.25) is 0 Å². The van der Waals surface area contributed by atoms with E-state index in [1.807, 2.05) is 30.5 Å². The first kappa shape index (κ1) is 18.1. The number of aromatic nitrogens is 1. The van der Waals surface area contributed by atoms with Gasteiger partial charge in [0.05, 0.1) is 5.52 Å². The van der Waals surface area contributed by atoms with Crippen LogP contribution >= 0.6 is 11.6 Å². The van der Waals surface area contributed by atoms with E-state index in [1.54, 1.807) is 0 Å². The molecule has 5 heteroatoms. The van der Waals surface area contributed by atoms with Crippen LogP contribution in [0.3, 0.4) is 0 Å². The first-order valence-corrected chi connectivity index (χ1v) is 9.82. The zero-order chi connectivity index (χ0) is 18.8. The summed E-state index contributed by atoms with van der Waals surface area (Å²) < 4.78 is 0. The van der Waals surface area contributed by atoms with Crippen molar-refractivity contribution in [3.05, 3.63) is 59.2 Å². The number of nitrogens with one attached hydrogen (secondary N) is 1. The molecule has 1 N–H and O–H groups in total.